The molecule has 2 aromatic heterocycles. The summed E-state index contributed by atoms with van der Waals surface area (Å²) in [5, 5.41) is 0.718. The summed E-state index contributed by atoms with van der Waals surface area (Å²) >= 11 is 1.63. The fourth-order valence-electron chi connectivity index (χ4n) is 3.11. The molecule has 1 aliphatic rings. The summed E-state index contributed by atoms with van der Waals surface area (Å²) in [5.41, 5.74) is 1.05. The molecule has 2 heterocycles. The minimum absolute atomic E-state index is 0.0592. The van der Waals surface area contributed by atoms with Crippen molar-refractivity contribution in [3.05, 3.63) is 26.6 Å². The van der Waals surface area contributed by atoms with Gasteiger partial charge in [-0.2, -0.15) is 0 Å². The van der Waals surface area contributed by atoms with Crippen LogP contribution in [0.3, 0.4) is 0 Å². The Balaban J connectivity index is 1.88. The molecule has 0 fully saturated rings. The van der Waals surface area contributed by atoms with Gasteiger partial charge in [0, 0.05) is 4.88 Å². The van der Waals surface area contributed by atoms with Crippen molar-refractivity contribution in [2.75, 3.05) is 6.61 Å². The molecule has 0 radical (unpaired) electrons. The maximum atomic E-state index is 12.9. The highest BCUT2D eigenvalue weighted by atomic mass is 32.1. The molecule has 24 heavy (non-hydrogen) atoms. The summed E-state index contributed by atoms with van der Waals surface area (Å²) in [6, 6.07) is 0. The zero-order valence-corrected chi connectivity index (χ0v) is 15.4. The fraction of sp³-hybridized carbons (Fsp3) is 0.611. The van der Waals surface area contributed by atoms with Gasteiger partial charge in [0.05, 0.1) is 12.0 Å². The van der Waals surface area contributed by atoms with E-state index < -0.39 is 0 Å². The highest BCUT2D eigenvalue weighted by molar-refractivity contribution is 7.18. The molecule has 1 aliphatic carbocycles. The van der Waals surface area contributed by atoms with E-state index in [0.717, 1.165) is 41.5 Å². The molecule has 0 saturated carbocycles. The Morgan fingerprint density at radius 2 is 2.08 bits per heavy atom. The van der Waals surface area contributed by atoms with Crippen LogP contribution in [0.25, 0.3) is 10.2 Å². The molecule has 3 rings (SSSR count). The monoisotopic (exact) mass is 348 g/mol. The maximum Gasteiger partial charge on any atom is 0.326 e. The number of fused-ring (bicyclic) bond motifs is 3. The molecule has 0 spiro atoms. The number of carbonyl (C=O) groups excluding carboxylic acids is 1. The summed E-state index contributed by atoms with van der Waals surface area (Å²) in [7, 11) is 0. The molecule has 0 N–H and O–H groups in total. The third-order valence-corrected chi connectivity index (χ3v) is 5.70. The van der Waals surface area contributed by atoms with Crippen LogP contribution in [0, 0.1) is 12.8 Å². The molecule has 0 bridgehead atoms. The van der Waals surface area contributed by atoms with Crippen LogP contribution in [-0.2, 0) is 28.9 Å². The van der Waals surface area contributed by atoms with Crippen LogP contribution in [0.5, 0.6) is 0 Å². The van der Waals surface area contributed by atoms with Crippen molar-refractivity contribution in [3.8, 4) is 0 Å². The molecule has 0 atom stereocenters. The first-order chi connectivity index (χ1) is 11.5. The average Bonchev–Trinajstić information content (AvgIpc) is 2.89. The Morgan fingerprint density at radius 1 is 1.33 bits per heavy atom. The van der Waals surface area contributed by atoms with Gasteiger partial charge in [-0.3, -0.25) is 14.2 Å². The normalized spacial score (nSPS) is 14.2. The number of aromatic nitrogens is 2. The lowest BCUT2D eigenvalue weighted by Crippen LogP contribution is -2.28. The van der Waals surface area contributed by atoms with E-state index in [4.69, 9.17) is 4.74 Å². The minimum Gasteiger partial charge on any atom is -0.464 e. The van der Waals surface area contributed by atoms with Gasteiger partial charge in [0.1, 0.15) is 17.2 Å². The lowest BCUT2D eigenvalue weighted by molar-refractivity contribution is -0.144. The van der Waals surface area contributed by atoms with Gasteiger partial charge in [0.2, 0.25) is 0 Å². The number of rotatable bonds is 5. The van der Waals surface area contributed by atoms with E-state index >= 15 is 0 Å². The highest BCUT2D eigenvalue weighted by Gasteiger charge is 2.22. The summed E-state index contributed by atoms with van der Waals surface area (Å²) in [5.74, 6) is 0.690. The first-order valence-corrected chi connectivity index (χ1v) is 9.46. The van der Waals surface area contributed by atoms with Crippen molar-refractivity contribution in [2.24, 2.45) is 5.92 Å². The summed E-state index contributed by atoms with van der Waals surface area (Å²) in [4.78, 5) is 31.7. The molecule has 5 nitrogen and oxygen atoms in total. The van der Waals surface area contributed by atoms with Gasteiger partial charge in [-0.15, -0.1) is 11.3 Å². The van der Waals surface area contributed by atoms with E-state index in [1.807, 2.05) is 0 Å². The standard InChI is InChI=1S/C18H24N2O3S/c1-11(2)8-9-23-15(21)10-20-12(3)19-17-16(18(20)22)13-6-4-5-7-14(13)24-17/h11H,4-10H2,1-3H3. The predicted octanol–water partition coefficient (Wildman–Crippen LogP) is 3.23. The number of hydrogen-bond acceptors (Lipinski definition) is 5. The molecule has 0 aliphatic heterocycles. The van der Waals surface area contributed by atoms with Crippen molar-refractivity contribution in [2.45, 2.75) is 59.4 Å². The molecule has 0 saturated heterocycles. The number of thiophene rings is 1. The lowest BCUT2D eigenvalue weighted by Gasteiger charge is -2.12. The maximum absolute atomic E-state index is 12.9. The van der Waals surface area contributed by atoms with Gasteiger partial charge in [-0.1, -0.05) is 13.8 Å². The fourth-order valence-corrected chi connectivity index (χ4v) is 4.41. The first-order valence-electron chi connectivity index (χ1n) is 8.64. The molecule has 0 amide bonds. The van der Waals surface area contributed by atoms with Gasteiger partial charge < -0.3 is 4.74 Å². The van der Waals surface area contributed by atoms with Gasteiger partial charge in [-0.05, 0) is 50.5 Å². The molecule has 0 unspecified atom stereocenters. The van der Waals surface area contributed by atoms with Crippen LogP contribution in [0.4, 0.5) is 0 Å². The number of ether oxygens (including phenoxy) is 1. The summed E-state index contributed by atoms with van der Waals surface area (Å²) < 4.78 is 6.71. The van der Waals surface area contributed by atoms with Gasteiger partial charge in [-0.25, -0.2) is 4.98 Å². The summed E-state index contributed by atoms with van der Waals surface area (Å²) in [6.07, 6.45) is 5.09. The van der Waals surface area contributed by atoms with Crippen LogP contribution >= 0.6 is 11.3 Å². The van der Waals surface area contributed by atoms with Crippen molar-refractivity contribution < 1.29 is 9.53 Å². The first kappa shape index (κ1) is 17.1. The molecule has 130 valence electrons. The van der Waals surface area contributed by atoms with E-state index in [1.165, 1.54) is 15.9 Å². The minimum atomic E-state index is -0.369. The Bertz CT molecular complexity index is 820. The summed E-state index contributed by atoms with van der Waals surface area (Å²) in [6.45, 7) is 6.28. The molecular formula is C18H24N2O3S. The van der Waals surface area contributed by atoms with E-state index in [9.17, 15) is 9.59 Å². The van der Waals surface area contributed by atoms with Crippen molar-refractivity contribution >= 4 is 27.5 Å². The van der Waals surface area contributed by atoms with E-state index in [0.29, 0.717) is 18.3 Å². The Hall–Kier alpha value is -1.69. The number of hydrogen-bond donors (Lipinski definition) is 0. The largest absolute Gasteiger partial charge is 0.464 e. The van der Waals surface area contributed by atoms with Gasteiger partial charge in [0.25, 0.3) is 5.56 Å². The second kappa shape index (κ2) is 7.05. The Labute approximate surface area is 145 Å². The van der Waals surface area contributed by atoms with Gasteiger partial charge in [0.15, 0.2) is 0 Å². The van der Waals surface area contributed by atoms with E-state index in [-0.39, 0.29) is 18.1 Å². The zero-order valence-electron chi connectivity index (χ0n) is 14.6. The van der Waals surface area contributed by atoms with Gasteiger partial charge >= 0.3 is 5.97 Å². The third-order valence-electron chi connectivity index (χ3n) is 4.51. The second-order valence-electron chi connectivity index (χ2n) is 6.84. The van der Waals surface area contributed by atoms with Crippen molar-refractivity contribution in [1.29, 1.82) is 0 Å². The highest BCUT2D eigenvalue weighted by Crippen LogP contribution is 2.33. The molecule has 2 aromatic rings. The predicted molar refractivity (Wildman–Crippen MR) is 95.7 cm³/mol. The quantitative estimate of drug-likeness (QED) is 0.778. The van der Waals surface area contributed by atoms with Crippen LogP contribution in [0.15, 0.2) is 4.79 Å². The topological polar surface area (TPSA) is 61.2 Å². The Morgan fingerprint density at radius 3 is 2.83 bits per heavy atom. The van der Waals surface area contributed by atoms with Crippen LogP contribution in [0.1, 0.15) is 49.4 Å². The van der Waals surface area contributed by atoms with Crippen molar-refractivity contribution in [3.63, 3.8) is 0 Å². The number of esters is 1. The third kappa shape index (κ3) is 3.38. The van der Waals surface area contributed by atoms with Crippen LogP contribution < -0.4 is 5.56 Å². The Kier molecular flexibility index (Phi) is 5.04. The lowest BCUT2D eigenvalue weighted by atomic mass is 9.97. The van der Waals surface area contributed by atoms with E-state index in [2.05, 4.69) is 18.8 Å². The van der Waals surface area contributed by atoms with Crippen LogP contribution in [-0.4, -0.2) is 22.1 Å². The number of nitrogens with zero attached hydrogens (tertiary/aromatic N) is 2. The van der Waals surface area contributed by atoms with Crippen molar-refractivity contribution in [1.82, 2.24) is 9.55 Å². The molecule has 0 aromatic carbocycles. The number of aryl methyl sites for hydroxylation is 3. The average molecular weight is 348 g/mol. The smallest absolute Gasteiger partial charge is 0.326 e. The van der Waals surface area contributed by atoms with E-state index in [1.54, 1.807) is 18.3 Å². The SMILES string of the molecule is Cc1nc2sc3c(c2c(=O)n1CC(=O)OCCC(C)C)CCCC3. The molecular weight excluding hydrogens is 324 g/mol. The van der Waals surface area contributed by atoms with Crippen LogP contribution in [0.2, 0.25) is 0 Å². The molecule has 6 heteroatoms. The second-order valence-corrected chi connectivity index (χ2v) is 7.93. The number of carbonyl (C=O) groups is 1. The zero-order chi connectivity index (χ0) is 17.3.